The van der Waals surface area contributed by atoms with Crippen LogP contribution in [0.3, 0.4) is 0 Å². The molecule has 0 heterocycles. The van der Waals surface area contributed by atoms with Gasteiger partial charge >= 0.3 is 5.97 Å². The maximum Gasteiger partial charge on any atom is 0.341 e. The Kier molecular flexibility index (Phi) is 6.84. The number of amides is 1. The molecule has 0 saturated carbocycles. The molecular weight excluding hydrogens is 338 g/mol. The molecule has 2 aromatic rings. The fourth-order valence-corrected chi connectivity index (χ4v) is 2.26. The molecule has 0 spiro atoms. The molecule has 26 heavy (non-hydrogen) atoms. The fraction of sp³-hybridized carbons (Fsp3) is 0.263. The quantitative estimate of drug-likeness (QED) is 0.714. The number of aliphatic carboxylic acids is 1. The van der Waals surface area contributed by atoms with E-state index < -0.39 is 12.6 Å². The van der Waals surface area contributed by atoms with E-state index >= 15 is 0 Å². The lowest BCUT2D eigenvalue weighted by Gasteiger charge is -2.11. The van der Waals surface area contributed by atoms with Crippen LogP contribution in [0, 0.1) is 0 Å². The molecule has 138 valence electrons. The highest BCUT2D eigenvalue weighted by atomic mass is 16.5. The zero-order chi connectivity index (χ0) is 18.9. The van der Waals surface area contributed by atoms with Gasteiger partial charge < -0.3 is 24.6 Å². The average molecular weight is 359 g/mol. The third-order valence-corrected chi connectivity index (χ3v) is 3.44. The highest BCUT2D eigenvalue weighted by Gasteiger charge is 2.11. The molecule has 0 fully saturated rings. The standard InChI is InChI=1S/C19H21NO6/c1-3-25-16-8-7-14(10-17(16)24-2)19(23)20-11-13-5-4-6-15(9-13)26-12-18(21)22/h4-10H,3,11-12H2,1-2H3,(H,20,23)(H,21,22). The number of hydrogen-bond donors (Lipinski definition) is 2. The van der Waals surface area contributed by atoms with Gasteiger partial charge in [0.1, 0.15) is 5.75 Å². The zero-order valence-corrected chi connectivity index (χ0v) is 14.7. The SMILES string of the molecule is CCOc1ccc(C(=O)NCc2cccc(OCC(=O)O)c2)cc1OC. The van der Waals surface area contributed by atoms with Crippen LogP contribution in [-0.2, 0) is 11.3 Å². The first-order valence-electron chi connectivity index (χ1n) is 8.06. The molecule has 7 heteroatoms. The van der Waals surface area contributed by atoms with Gasteiger partial charge in [0.25, 0.3) is 5.91 Å². The van der Waals surface area contributed by atoms with Crippen LogP contribution in [0.5, 0.6) is 17.2 Å². The predicted molar refractivity (Wildman–Crippen MR) is 94.9 cm³/mol. The summed E-state index contributed by atoms with van der Waals surface area (Å²) in [4.78, 5) is 22.9. The zero-order valence-electron chi connectivity index (χ0n) is 14.7. The van der Waals surface area contributed by atoms with Crippen molar-refractivity contribution in [2.45, 2.75) is 13.5 Å². The van der Waals surface area contributed by atoms with Crippen LogP contribution in [0.2, 0.25) is 0 Å². The predicted octanol–water partition coefficient (Wildman–Crippen LogP) is 2.49. The van der Waals surface area contributed by atoms with Gasteiger partial charge in [-0.15, -0.1) is 0 Å². The van der Waals surface area contributed by atoms with Gasteiger partial charge in [0, 0.05) is 12.1 Å². The minimum atomic E-state index is -1.05. The molecule has 0 saturated heterocycles. The van der Waals surface area contributed by atoms with Crippen LogP contribution in [0.15, 0.2) is 42.5 Å². The number of ether oxygens (including phenoxy) is 3. The van der Waals surface area contributed by atoms with Crippen LogP contribution in [-0.4, -0.2) is 37.3 Å². The third kappa shape index (κ3) is 5.41. The molecule has 2 aromatic carbocycles. The van der Waals surface area contributed by atoms with E-state index in [-0.39, 0.29) is 12.5 Å². The van der Waals surface area contributed by atoms with Crippen molar-refractivity contribution in [3.05, 3.63) is 53.6 Å². The summed E-state index contributed by atoms with van der Waals surface area (Å²) in [6.07, 6.45) is 0. The number of carboxylic acid groups (broad SMARTS) is 1. The van der Waals surface area contributed by atoms with E-state index in [0.717, 1.165) is 5.56 Å². The Hall–Kier alpha value is -3.22. The Morgan fingerprint density at radius 2 is 1.88 bits per heavy atom. The molecule has 0 unspecified atom stereocenters. The van der Waals surface area contributed by atoms with E-state index in [4.69, 9.17) is 19.3 Å². The molecule has 0 bridgehead atoms. The highest BCUT2D eigenvalue weighted by Crippen LogP contribution is 2.28. The summed E-state index contributed by atoms with van der Waals surface area (Å²) in [5.74, 6) is 0.191. The van der Waals surface area contributed by atoms with E-state index in [0.29, 0.717) is 29.4 Å². The number of hydrogen-bond acceptors (Lipinski definition) is 5. The molecular formula is C19H21NO6. The second-order valence-electron chi connectivity index (χ2n) is 5.31. The summed E-state index contributed by atoms with van der Waals surface area (Å²) in [5.41, 5.74) is 1.24. The number of benzene rings is 2. The molecule has 0 aliphatic heterocycles. The van der Waals surface area contributed by atoms with Crippen LogP contribution in [0.4, 0.5) is 0 Å². The van der Waals surface area contributed by atoms with E-state index in [2.05, 4.69) is 5.32 Å². The Morgan fingerprint density at radius 3 is 2.58 bits per heavy atom. The number of carboxylic acids is 1. The van der Waals surface area contributed by atoms with Crippen molar-refractivity contribution in [1.82, 2.24) is 5.32 Å². The van der Waals surface area contributed by atoms with Crippen LogP contribution >= 0.6 is 0 Å². The number of rotatable bonds is 9. The summed E-state index contributed by atoms with van der Waals surface area (Å²) in [5, 5.41) is 11.4. The van der Waals surface area contributed by atoms with Gasteiger partial charge in [-0.25, -0.2) is 4.79 Å². The minimum absolute atomic E-state index is 0.261. The topological polar surface area (TPSA) is 94.1 Å². The average Bonchev–Trinajstić information content (AvgIpc) is 2.65. The van der Waals surface area contributed by atoms with E-state index in [9.17, 15) is 9.59 Å². The van der Waals surface area contributed by atoms with Crippen molar-refractivity contribution in [2.24, 2.45) is 0 Å². The Morgan fingerprint density at radius 1 is 1.08 bits per heavy atom. The first kappa shape index (κ1) is 19.1. The lowest BCUT2D eigenvalue weighted by molar-refractivity contribution is -0.139. The van der Waals surface area contributed by atoms with Gasteiger partial charge in [-0.3, -0.25) is 4.79 Å². The number of carbonyl (C=O) groups is 2. The summed E-state index contributed by atoms with van der Waals surface area (Å²) in [6.45, 7) is 2.23. The van der Waals surface area contributed by atoms with Gasteiger partial charge in [-0.1, -0.05) is 12.1 Å². The van der Waals surface area contributed by atoms with Crippen molar-refractivity contribution < 1.29 is 28.9 Å². The third-order valence-electron chi connectivity index (χ3n) is 3.44. The van der Waals surface area contributed by atoms with Crippen LogP contribution in [0.25, 0.3) is 0 Å². The lowest BCUT2D eigenvalue weighted by atomic mass is 10.1. The van der Waals surface area contributed by atoms with E-state index in [1.165, 1.54) is 7.11 Å². The van der Waals surface area contributed by atoms with Crippen molar-refractivity contribution >= 4 is 11.9 Å². The largest absolute Gasteiger partial charge is 0.493 e. The van der Waals surface area contributed by atoms with Gasteiger partial charge in [-0.05, 0) is 42.8 Å². The smallest absolute Gasteiger partial charge is 0.341 e. The molecule has 0 atom stereocenters. The second kappa shape index (κ2) is 9.31. The van der Waals surface area contributed by atoms with Gasteiger partial charge in [0.05, 0.1) is 13.7 Å². The molecule has 0 radical (unpaired) electrons. The Bertz CT molecular complexity index is 774. The Balaban J connectivity index is 2.00. The molecule has 2 N–H and O–H groups in total. The minimum Gasteiger partial charge on any atom is -0.493 e. The van der Waals surface area contributed by atoms with Crippen molar-refractivity contribution in [3.8, 4) is 17.2 Å². The maximum atomic E-state index is 12.3. The molecule has 0 aromatic heterocycles. The number of carbonyl (C=O) groups excluding carboxylic acids is 1. The summed E-state index contributed by atoms with van der Waals surface area (Å²) < 4.78 is 15.8. The highest BCUT2D eigenvalue weighted by molar-refractivity contribution is 5.94. The van der Waals surface area contributed by atoms with Gasteiger partial charge in [0.15, 0.2) is 18.1 Å². The Labute approximate surface area is 151 Å². The van der Waals surface area contributed by atoms with Gasteiger partial charge in [0.2, 0.25) is 0 Å². The van der Waals surface area contributed by atoms with E-state index in [1.54, 1.807) is 36.4 Å². The van der Waals surface area contributed by atoms with Crippen molar-refractivity contribution in [1.29, 1.82) is 0 Å². The van der Waals surface area contributed by atoms with E-state index in [1.807, 2.05) is 13.0 Å². The van der Waals surface area contributed by atoms with Crippen LogP contribution < -0.4 is 19.5 Å². The summed E-state index contributed by atoms with van der Waals surface area (Å²) >= 11 is 0. The van der Waals surface area contributed by atoms with Gasteiger partial charge in [-0.2, -0.15) is 0 Å². The molecule has 7 nitrogen and oxygen atoms in total. The number of methoxy groups -OCH3 is 1. The summed E-state index contributed by atoms with van der Waals surface area (Å²) in [7, 11) is 1.52. The number of nitrogens with one attached hydrogen (secondary N) is 1. The molecule has 0 aliphatic carbocycles. The van der Waals surface area contributed by atoms with Crippen molar-refractivity contribution in [2.75, 3.05) is 20.3 Å². The first-order chi connectivity index (χ1) is 12.5. The fourth-order valence-electron chi connectivity index (χ4n) is 2.26. The molecule has 1 amide bonds. The summed E-state index contributed by atoms with van der Waals surface area (Å²) in [6, 6.07) is 11.9. The monoisotopic (exact) mass is 359 g/mol. The lowest BCUT2D eigenvalue weighted by Crippen LogP contribution is -2.22. The van der Waals surface area contributed by atoms with Crippen LogP contribution in [0.1, 0.15) is 22.8 Å². The first-order valence-corrected chi connectivity index (χ1v) is 8.06. The maximum absolute atomic E-state index is 12.3. The second-order valence-corrected chi connectivity index (χ2v) is 5.31. The molecule has 0 aliphatic rings. The normalized spacial score (nSPS) is 10.1. The van der Waals surface area contributed by atoms with Crippen molar-refractivity contribution in [3.63, 3.8) is 0 Å². The molecule has 2 rings (SSSR count).